The van der Waals surface area contributed by atoms with E-state index in [1.807, 2.05) is 6.07 Å². The molecular weight excluding hydrogens is 692 g/mol. The number of rotatable bonds is 7. The van der Waals surface area contributed by atoms with E-state index in [4.69, 9.17) is 85.1 Å². The first kappa shape index (κ1) is 33.8. The van der Waals surface area contributed by atoms with Crippen LogP contribution in [0.3, 0.4) is 0 Å². The molecule has 2 amide bonds. The Labute approximate surface area is 284 Å². The second kappa shape index (κ2) is 15.3. The minimum absolute atomic E-state index is 0.0206. The summed E-state index contributed by atoms with van der Waals surface area (Å²) in [5.74, 6) is -0.536. The molecule has 0 aliphatic carbocycles. The lowest BCUT2D eigenvalue weighted by atomic mass is 10.2. The molecule has 0 spiro atoms. The lowest BCUT2D eigenvalue weighted by Gasteiger charge is -2.31. The first-order chi connectivity index (χ1) is 21.0. The lowest BCUT2D eigenvalue weighted by molar-refractivity contribution is 0.0969. The van der Waals surface area contributed by atoms with E-state index >= 15 is 0 Å². The third-order valence-corrected chi connectivity index (χ3v) is 7.77. The summed E-state index contributed by atoms with van der Waals surface area (Å²) in [4.78, 5) is 27.9. The molecule has 0 saturated carbocycles. The highest BCUT2D eigenvalue weighted by molar-refractivity contribution is 7.80. The van der Waals surface area contributed by atoms with Crippen LogP contribution in [0.25, 0.3) is 0 Å². The van der Waals surface area contributed by atoms with Crippen LogP contribution in [0.2, 0.25) is 20.1 Å². The molecule has 0 radical (unpaired) electrons. The van der Waals surface area contributed by atoms with Gasteiger partial charge < -0.3 is 29.7 Å². The number of hydrogen-bond acceptors (Lipinski definition) is 8. The van der Waals surface area contributed by atoms with E-state index in [0.717, 1.165) is 5.69 Å². The molecule has 0 aromatic heterocycles. The first-order valence-electron chi connectivity index (χ1n) is 12.8. The number of anilines is 3. The standard InChI is InChI=1S/C28H25Cl4N5O5S2/c1-40-23-17(29)9-14(10-18(23)30)25(38)35-27(43)33-16-3-4-22(37-5-7-42-8-6-37)21(13-16)34-28(44)36-26(39)15-11-19(31)24(41-2)20(32)12-15/h3-4,9-13H,5-8H2,1-2H3,(H2,33,35,38,43)(H2,34,36,39,44). The number of nitrogens with one attached hydrogen (secondary N) is 4. The summed E-state index contributed by atoms with van der Waals surface area (Å²) in [5, 5.41) is 12.1. The highest BCUT2D eigenvalue weighted by atomic mass is 35.5. The minimum atomic E-state index is -0.529. The van der Waals surface area contributed by atoms with E-state index in [9.17, 15) is 9.59 Å². The Morgan fingerprint density at radius 1 is 0.750 bits per heavy atom. The van der Waals surface area contributed by atoms with Crippen LogP contribution in [-0.2, 0) is 4.74 Å². The van der Waals surface area contributed by atoms with Crippen LogP contribution in [0.15, 0.2) is 42.5 Å². The number of halogens is 4. The number of methoxy groups -OCH3 is 2. The Hall–Kier alpha value is -3.10. The van der Waals surface area contributed by atoms with Crippen LogP contribution in [0, 0.1) is 0 Å². The molecule has 1 saturated heterocycles. The van der Waals surface area contributed by atoms with Crippen molar-refractivity contribution in [3.63, 3.8) is 0 Å². The van der Waals surface area contributed by atoms with Crippen molar-refractivity contribution < 1.29 is 23.8 Å². The van der Waals surface area contributed by atoms with Crippen molar-refractivity contribution >= 4 is 110 Å². The average molecular weight is 717 g/mol. The number of hydrogen-bond donors (Lipinski definition) is 4. The summed E-state index contributed by atoms with van der Waals surface area (Å²) in [6.07, 6.45) is 0. The summed E-state index contributed by atoms with van der Waals surface area (Å²) in [6, 6.07) is 11.1. The quantitative estimate of drug-likeness (QED) is 0.205. The van der Waals surface area contributed by atoms with Gasteiger partial charge in [0, 0.05) is 29.9 Å². The van der Waals surface area contributed by atoms with Gasteiger partial charge in [-0.3, -0.25) is 20.2 Å². The van der Waals surface area contributed by atoms with Gasteiger partial charge in [-0.05, 0) is 66.9 Å². The van der Waals surface area contributed by atoms with E-state index in [-0.39, 0.29) is 52.9 Å². The largest absolute Gasteiger partial charge is 0.494 e. The van der Waals surface area contributed by atoms with Gasteiger partial charge in [0.1, 0.15) is 0 Å². The summed E-state index contributed by atoms with van der Waals surface area (Å²) >= 11 is 35.5. The van der Waals surface area contributed by atoms with Crippen LogP contribution in [0.4, 0.5) is 17.1 Å². The monoisotopic (exact) mass is 715 g/mol. The molecule has 3 aromatic carbocycles. The first-order valence-corrected chi connectivity index (χ1v) is 15.1. The number of carbonyl (C=O) groups is 2. The molecule has 3 aromatic rings. The van der Waals surface area contributed by atoms with Gasteiger partial charge in [-0.15, -0.1) is 0 Å². The number of morpholine rings is 1. The minimum Gasteiger partial charge on any atom is -0.494 e. The molecule has 0 atom stereocenters. The molecule has 10 nitrogen and oxygen atoms in total. The third kappa shape index (κ3) is 8.33. The molecule has 16 heteroatoms. The van der Waals surface area contributed by atoms with Crippen LogP contribution in [0.5, 0.6) is 11.5 Å². The highest BCUT2D eigenvalue weighted by Crippen LogP contribution is 2.35. The van der Waals surface area contributed by atoms with E-state index < -0.39 is 11.8 Å². The highest BCUT2D eigenvalue weighted by Gasteiger charge is 2.19. The Morgan fingerprint density at radius 3 is 1.66 bits per heavy atom. The van der Waals surface area contributed by atoms with Gasteiger partial charge in [0.15, 0.2) is 21.7 Å². The Kier molecular flexibility index (Phi) is 11.7. The van der Waals surface area contributed by atoms with Crippen molar-refractivity contribution in [2.45, 2.75) is 0 Å². The fraction of sp³-hybridized carbons (Fsp3) is 0.214. The van der Waals surface area contributed by atoms with Crippen LogP contribution < -0.4 is 35.6 Å². The van der Waals surface area contributed by atoms with Gasteiger partial charge in [-0.2, -0.15) is 0 Å². The van der Waals surface area contributed by atoms with Crippen molar-refractivity contribution in [1.82, 2.24) is 10.6 Å². The zero-order valence-electron chi connectivity index (χ0n) is 23.2. The Morgan fingerprint density at radius 2 is 1.20 bits per heavy atom. The fourth-order valence-electron chi connectivity index (χ4n) is 4.23. The molecule has 1 aliphatic rings. The normalized spacial score (nSPS) is 12.6. The van der Waals surface area contributed by atoms with Crippen LogP contribution >= 0.6 is 70.8 Å². The molecule has 1 aliphatic heterocycles. The number of amides is 2. The van der Waals surface area contributed by atoms with Gasteiger partial charge in [-0.1, -0.05) is 46.4 Å². The zero-order valence-corrected chi connectivity index (χ0v) is 27.8. The van der Waals surface area contributed by atoms with E-state index in [0.29, 0.717) is 37.7 Å². The summed E-state index contributed by atoms with van der Waals surface area (Å²) in [7, 11) is 2.85. The van der Waals surface area contributed by atoms with E-state index in [1.54, 1.807) is 12.1 Å². The molecule has 4 rings (SSSR count). The van der Waals surface area contributed by atoms with Gasteiger partial charge in [0.05, 0.1) is 58.9 Å². The predicted molar refractivity (Wildman–Crippen MR) is 183 cm³/mol. The van der Waals surface area contributed by atoms with Gasteiger partial charge in [-0.25, -0.2) is 0 Å². The van der Waals surface area contributed by atoms with E-state index in [1.165, 1.54) is 38.5 Å². The smallest absolute Gasteiger partial charge is 0.257 e. The fourth-order valence-corrected chi connectivity index (χ4v) is 5.93. The molecule has 44 heavy (non-hydrogen) atoms. The maximum Gasteiger partial charge on any atom is 0.257 e. The lowest BCUT2D eigenvalue weighted by Crippen LogP contribution is -2.38. The Balaban J connectivity index is 1.50. The number of ether oxygens (including phenoxy) is 3. The molecule has 232 valence electrons. The summed E-state index contributed by atoms with van der Waals surface area (Å²) in [6.45, 7) is 2.39. The average Bonchev–Trinajstić information content (AvgIpc) is 2.97. The van der Waals surface area contributed by atoms with Crippen molar-refractivity contribution in [3.8, 4) is 11.5 Å². The third-order valence-electron chi connectivity index (χ3n) is 6.24. The molecule has 0 unspecified atom stereocenters. The Bertz CT molecular complexity index is 1580. The molecule has 1 heterocycles. The SMILES string of the molecule is COc1c(Cl)cc(C(=O)NC(=S)Nc2ccc(N3CCOCC3)c(NC(=S)NC(=O)c3cc(Cl)c(OC)c(Cl)c3)c2)cc1Cl. The summed E-state index contributed by atoms with van der Waals surface area (Å²) in [5.41, 5.74) is 2.28. The molecule has 0 bridgehead atoms. The van der Waals surface area contributed by atoms with Crippen LogP contribution in [0.1, 0.15) is 20.7 Å². The molecule has 1 fully saturated rings. The number of nitrogens with zero attached hydrogens (tertiary/aromatic N) is 1. The van der Waals surface area contributed by atoms with Crippen LogP contribution in [-0.4, -0.2) is 62.6 Å². The maximum atomic E-state index is 12.9. The second-order valence-electron chi connectivity index (χ2n) is 9.09. The topological polar surface area (TPSA) is 113 Å². The summed E-state index contributed by atoms with van der Waals surface area (Å²) < 4.78 is 15.8. The van der Waals surface area contributed by atoms with Gasteiger partial charge in [0.25, 0.3) is 11.8 Å². The second-order valence-corrected chi connectivity index (χ2v) is 11.5. The van der Waals surface area contributed by atoms with Crippen molar-refractivity contribution in [3.05, 3.63) is 73.7 Å². The zero-order chi connectivity index (χ0) is 32.0. The van der Waals surface area contributed by atoms with Crippen molar-refractivity contribution in [2.75, 3.05) is 56.1 Å². The van der Waals surface area contributed by atoms with Gasteiger partial charge >= 0.3 is 0 Å². The maximum absolute atomic E-state index is 12.9. The van der Waals surface area contributed by atoms with Crippen molar-refractivity contribution in [1.29, 1.82) is 0 Å². The predicted octanol–water partition coefficient (Wildman–Crippen LogP) is 6.41. The molecular formula is C28H25Cl4N5O5S2. The van der Waals surface area contributed by atoms with Crippen molar-refractivity contribution in [2.24, 2.45) is 0 Å². The molecule has 4 N–H and O–H groups in total. The van der Waals surface area contributed by atoms with E-state index in [2.05, 4.69) is 26.2 Å². The van der Waals surface area contributed by atoms with Gasteiger partial charge in [0.2, 0.25) is 0 Å². The number of carbonyl (C=O) groups excluding carboxylic acids is 2. The number of thiocarbonyl (C=S) groups is 2. The number of benzene rings is 3.